The third-order valence-electron chi connectivity index (χ3n) is 5.69. The number of hydrogen-bond acceptors (Lipinski definition) is 8. The number of thiazole rings is 1. The van der Waals surface area contributed by atoms with Gasteiger partial charge in [0.1, 0.15) is 28.9 Å². The summed E-state index contributed by atoms with van der Waals surface area (Å²) in [6.07, 6.45) is 6.50. The Morgan fingerprint density at radius 2 is 2.11 bits per heavy atom. The zero-order valence-electron chi connectivity index (χ0n) is 18.4. The number of anilines is 2. The molecule has 4 aromatic rings. The molecule has 0 spiro atoms. The number of halogens is 1. The van der Waals surface area contributed by atoms with Gasteiger partial charge < -0.3 is 20.3 Å². The van der Waals surface area contributed by atoms with E-state index in [1.807, 2.05) is 10.6 Å². The second-order valence-electron chi connectivity index (χ2n) is 7.91. The van der Waals surface area contributed by atoms with E-state index in [1.54, 1.807) is 18.7 Å². The Balaban J connectivity index is 1.24. The van der Waals surface area contributed by atoms with Gasteiger partial charge in [-0.1, -0.05) is 11.3 Å². The number of carbonyl (C=O) groups is 2. The van der Waals surface area contributed by atoms with Crippen LogP contribution < -0.4 is 10.6 Å². The van der Waals surface area contributed by atoms with Gasteiger partial charge in [0.2, 0.25) is 5.91 Å². The van der Waals surface area contributed by atoms with Crippen LogP contribution in [0, 0.1) is 5.82 Å². The zero-order chi connectivity index (χ0) is 24.4. The van der Waals surface area contributed by atoms with Gasteiger partial charge in [0.15, 0.2) is 5.13 Å². The Morgan fingerprint density at radius 3 is 2.94 bits per heavy atom. The molecule has 0 aliphatic carbocycles. The van der Waals surface area contributed by atoms with E-state index < -0.39 is 18.0 Å². The van der Waals surface area contributed by atoms with E-state index in [1.165, 1.54) is 34.6 Å². The van der Waals surface area contributed by atoms with E-state index in [0.717, 1.165) is 5.52 Å². The highest BCUT2D eigenvalue weighted by molar-refractivity contribution is 7.18. The van der Waals surface area contributed by atoms with Gasteiger partial charge in [0, 0.05) is 38.1 Å². The van der Waals surface area contributed by atoms with Crippen LogP contribution in [0.4, 0.5) is 20.1 Å². The van der Waals surface area contributed by atoms with Crippen molar-refractivity contribution < 1.29 is 19.1 Å². The Hall–Kier alpha value is -4.13. The molecule has 4 aromatic heterocycles. The van der Waals surface area contributed by atoms with Crippen LogP contribution in [0.3, 0.4) is 0 Å². The molecule has 0 saturated carbocycles. The summed E-state index contributed by atoms with van der Waals surface area (Å²) in [5, 5.41) is 15.7. The molecule has 35 heavy (non-hydrogen) atoms. The number of carboxylic acid groups (broad SMARTS) is 1. The van der Waals surface area contributed by atoms with Gasteiger partial charge in [-0.05, 0) is 25.0 Å². The first-order valence-corrected chi connectivity index (χ1v) is 11.7. The first-order chi connectivity index (χ1) is 17.0. The fraction of sp³-hybridized carbons (Fsp3) is 0.273. The molecule has 1 atom stereocenters. The maximum absolute atomic E-state index is 14.0. The van der Waals surface area contributed by atoms with Gasteiger partial charge >= 0.3 is 6.09 Å². The van der Waals surface area contributed by atoms with Crippen LogP contribution >= 0.6 is 11.3 Å². The van der Waals surface area contributed by atoms with Crippen LogP contribution in [0.2, 0.25) is 0 Å². The molecule has 5 heterocycles. The molecular formula is C22H21FN8O3S. The zero-order valence-corrected chi connectivity index (χ0v) is 19.2. The van der Waals surface area contributed by atoms with Crippen molar-refractivity contribution in [2.75, 3.05) is 18.4 Å². The van der Waals surface area contributed by atoms with Crippen molar-refractivity contribution in [1.29, 1.82) is 0 Å². The van der Waals surface area contributed by atoms with E-state index >= 15 is 0 Å². The molecule has 0 radical (unpaired) electrons. The van der Waals surface area contributed by atoms with Gasteiger partial charge in [0.25, 0.3) is 0 Å². The number of rotatable bonds is 7. The van der Waals surface area contributed by atoms with E-state index in [2.05, 4.69) is 30.6 Å². The van der Waals surface area contributed by atoms with Gasteiger partial charge in [-0.25, -0.2) is 24.1 Å². The summed E-state index contributed by atoms with van der Waals surface area (Å²) < 4.78 is 15.9. The van der Waals surface area contributed by atoms with Crippen molar-refractivity contribution in [1.82, 2.24) is 34.7 Å². The second kappa shape index (κ2) is 9.62. The molecule has 11 nitrogen and oxygen atoms in total. The lowest BCUT2D eigenvalue weighted by Crippen LogP contribution is -2.46. The van der Waals surface area contributed by atoms with Crippen molar-refractivity contribution in [2.45, 2.75) is 25.4 Å². The summed E-state index contributed by atoms with van der Waals surface area (Å²) in [4.78, 5) is 42.5. The van der Waals surface area contributed by atoms with Gasteiger partial charge in [-0.2, -0.15) is 0 Å². The van der Waals surface area contributed by atoms with Crippen LogP contribution in [0.1, 0.15) is 12.8 Å². The van der Waals surface area contributed by atoms with Crippen LogP contribution in [-0.2, 0) is 11.3 Å². The average Bonchev–Trinajstić information content (AvgIpc) is 3.59. The molecule has 1 saturated heterocycles. The molecule has 2 amide bonds. The van der Waals surface area contributed by atoms with Gasteiger partial charge in [-0.15, -0.1) is 0 Å². The number of hydrogen-bond donors (Lipinski definition) is 3. The minimum absolute atomic E-state index is 0.241. The number of fused-ring (bicyclic) bond motifs is 1. The molecule has 13 heteroatoms. The smallest absolute Gasteiger partial charge is 0.407 e. The van der Waals surface area contributed by atoms with Crippen LogP contribution in [0.5, 0.6) is 0 Å². The molecule has 0 unspecified atom stereocenters. The van der Waals surface area contributed by atoms with Crippen LogP contribution in [0.15, 0.2) is 43.1 Å². The van der Waals surface area contributed by atoms with Crippen molar-refractivity contribution in [2.24, 2.45) is 0 Å². The Kier molecular flexibility index (Phi) is 6.23. The normalized spacial score (nSPS) is 15.5. The molecule has 5 rings (SSSR count). The maximum atomic E-state index is 14.0. The third-order valence-corrected chi connectivity index (χ3v) is 6.61. The highest BCUT2D eigenvalue weighted by Crippen LogP contribution is 2.30. The molecule has 0 aromatic carbocycles. The maximum Gasteiger partial charge on any atom is 0.407 e. The minimum atomic E-state index is -1.08. The summed E-state index contributed by atoms with van der Waals surface area (Å²) in [6, 6.07) is 4.06. The number of amides is 2. The summed E-state index contributed by atoms with van der Waals surface area (Å²) in [7, 11) is 0. The number of likely N-dealkylation sites (tertiary alicyclic amines) is 1. The van der Waals surface area contributed by atoms with Gasteiger partial charge in [-0.3, -0.25) is 14.7 Å². The SMILES string of the molecule is O=C(NCCn1cnc2cnc(Nc3ncc(-c4ncccc4F)s3)cc21)[C@@H]1CCCN1C(=O)O. The van der Waals surface area contributed by atoms with Crippen LogP contribution in [0.25, 0.3) is 21.6 Å². The van der Waals surface area contributed by atoms with E-state index in [4.69, 9.17) is 0 Å². The predicted molar refractivity (Wildman–Crippen MR) is 127 cm³/mol. The number of nitrogens with one attached hydrogen (secondary N) is 2. The van der Waals surface area contributed by atoms with E-state index in [-0.39, 0.29) is 11.6 Å². The number of imidazole rings is 1. The molecule has 1 aliphatic rings. The fourth-order valence-electron chi connectivity index (χ4n) is 4.01. The average molecular weight is 497 g/mol. The molecule has 180 valence electrons. The van der Waals surface area contributed by atoms with E-state index in [9.17, 15) is 19.1 Å². The monoisotopic (exact) mass is 496 g/mol. The summed E-state index contributed by atoms with van der Waals surface area (Å²) in [5.41, 5.74) is 1.73. The molecule has 3 N–H and O–H groups in total. The first-order valence-electron chi connectivity index (χ1n) is 10.9. The van der Waals surface area contributed by atoms with Crippen molar-refractivity contribution in [3.05, 3.63) is 48.9 Å². The number of pyridine rings is 2. The molecular weight excluding hydrogens is 475 g/mol. The highest BCUT2D eigenvalue weighted by Gasteiger charge is 2.33. The van der Waals surface area contributed by atoms with Crippen LogP contribution in [-0.4, -0.2) is 65.6 Å². The molecule has 1 fully saturated rings. The standard InChI is InChI=1S/C22H21FN8O3S/c23-13-3-1-5-24-19(13)17-11-27-21(35-17)29-18-9-16-14(10-26-18)28-12-30(16)8-6-25-20(32)15-4-2-7-31(15)22(33)34/h1,3,5,9-12,15H,2,4,6-8H2,(H,25,32)(H,33,34)(H,26,27,29)/t15-/m0/s1. The third kappa shape index (κ3) is 4.75. The lowest BCUT2D eigenvalue weighted by atomic mass is 10.2. The van der Waals surface area contributed by atoms with Crippen molar-refractivity contribution in [3.63, 3.8) is 0 Å². The fourth-order valence-corrected chi connectivity index (χ4v) is 4.83. The Morgan fingerprint density at radius 1 is 1.23 bits per heavy atom. The van der Waals surface area contributed by atoms with E-state index in [0.29, 0.717) is 53.8 Å². The largest absolute Gasteiger partial charge is 0.465 e. The minimum Gasteiger partial charge on any atom is -0.465 e. The lowest BCUT2D eigenvalue weighted by molar-refractivity contribution is -0.125. The first kappa shape index (κ1) is 22.7. The number of nitrogens with zero attached hydrogens (tertiary/aromatic N) is 6. The lowest BCUT2D eigenvalue weighted by Gasteiger charge is -2.20. The topological polar surface area (TPSA) is 138 Å². The quantitative estimate of drug-likeness (QED) is 0.355. The highest BCUT2D eigenvalue weighted by atomic mass is 32.1. The Labute approximate surface area is 202 Å². The van der Waals surface area contributed by atoms with Crippen molar-refractivity contribution >= 4 is 45.3 Å². The molecule has 1 aliphatic heterocycles. The number of carbonyl (C=O) groups excluding carboxylic acids is 1. The number of aromatic nitrogens is 5. The second-order valence-corrected chi connectivity index (χ2v) is 8.94. The van der Waals surface area contributed by atoms with Crippen molar-refractivity contribution in [3.8, 4) is 10.6 Å². The summed E-state index contributed by atoms with van der Waals surface area (Å²) in [6.45, 7) is 1.15. The Bertz CT molecular complexity index is 1390. The predicted octanol–water partition coefficient (Wildman–Crippen LogP) is 3.09. The van der Waals surface area contributed by atoms with Gasteiger partial charge in [0.05, 0.1) is 22.9 Å². The molecule has 0 bridgehead atoms. The summed E-state index contributed by atoms with van der Waals surface area (Å²) in [5.74, 6) is -0.169. The summed E-state index contributed by atoms with van der Waals surface area (Å²) >= 11 is 1.26.